The normalized spacial score (nSPS) is 31.5. The van der Waals surface area contributed by atoms with Gasteiger partial charge in [-0.05, 0) is 18.8 Å². The lowest BCUT2D eigenvalue weighted by Gasteiger charge is -2.34. The number of allylic oxidation sites excluding steroid dienone is 2. The van der Waals surface area contributed by atoms with Crippen LogP contribution in [0.5, 0.6) is 0 Å². The van der Waals surface area contributed by atoms with Crippen LogP contribution in [0.1, 0.15) is 26.7 Å². The van der Waals surface area contributed by atoms with Gasteiger partial charge in [-0.3, -0.25) is 10.1 Å². The Labute approximate surface area is 101 Å². The van der Waals surface area contributed by atoms with E-state index in [4.69, 9.17) is 5.11 Å². The lowest BCUT2D eigenvalue weighted by atomic mass is 9.67. The molecule has 1 aliphatic carbocycles. The van der Waals surface area contributed by atoms with Gasteiger partial charge in [0.25, 0.3) is 0 Å². The molecule has 0 bridgehead atoms. The predicted octanol–water partition coefficient (Wildman–Crippen LogP) is 1.76. The largest absolute Gasteiger partial charge is 0.389 e. The second kappa shape index (κ2) is 5.28. The maximum atomic E-state index is 10.8. The summed E-state index contributed by atoms with van der Waals surface area (Å²) in [6.45, 7) is 3.20. The van der Waals surface area contributed by atoms with Crippen molar-refractivity contribution in [2.75, 3.05) is 6.61 Å². The van der Waals surface area contributed by atoms with E-state index in [0.717, 1.165) is 6.42 Å². The van der Waals surface area contributed by atoms with Gasteiger partial charge in [-0.2, -0.15) is 5.26 Å². The number of nitriles is 1. The Morgan fingerprint density at radius 1 is 1.76 bits per heavy atom. The van der Waals surface area contributed by atoms with Crippen LogP contribution in [0.2, 0.25) is 0 Å². The van der Waals surface area contributed by atoms with Crippen LogP contribution < -0.4 is 0 Å². The third-order valence-electron chi connectivity index (χ3n) is 3.79. The zero-order valence-corrected chi connectivity index (χ0v) is 10.2. The molecule has 0 aromatic rings. The zero-order valence-electron chi connectivity index (χ0n) is 10.2. The van der Waals surface area contributed by atoms with E-state index in [9.17, 15) is 15.4 Å². The van der Waals surface area contributed by atoms with Crippen molar-refractivity contribution in [1.82, 2.24) is 0 Å². The van der Waals surface area contributed by atoms with Crippen molar-refractivity contribution >= 4 is 0 Å². The molecule has 0 fully saturated rings. The lowest BCUT2D eigenvalue weighted by molar-refractivity contribution is -0.537. The summed E-state index contributed by atoms with van der Waals surface area (Å²) in [4.78, 5) is 10.4. The van der Waals surface area contributed by atoms with Crippen molar-refractivity contribution in [1.29, 1.82) is 5.26 Å². The van der Waals surface area contributed by atoms with E-state index < -0.39 is 28.9 Å². The van der Waals surface area contributed by atoms with Crippen LogP contribution in [0.15, 0.2) is 12.2 Å². The second-order valence-corrected chi connectivity index (χ2v) is 4.85. The molecular formula is C12H18N2O3. The molecule has 0 spiro atoms. The van der Waals surface area contributed by atoms with E-state index in [2.05, 4.69) is 13.0 Å². The molecule has 0 aromatic heterocycles. The summed E-state index contributed by atoms with van der Waals surface area (Å²) < 4.78 is 0. The molecule has 0 aliphatic heterocycles. The molecule has 0 aromatic carbocycles. The minimum atomic E-state index is -1.08. The Kier molecular flexibility index (Phi) is 4.24. The number of nitrogens with zero attached hydrogens (tertiary/aromatic N) is 2. The zero-order chi connectivity index (χ0) is 13.1. The van der Waals surface area contributed by atoms with Gasteiger partial charge in [0.15, 0.2) is 0 Å². The van der Waals surface area contributed by atoms with E-state index in [1.54, 1.807) is 13.0 Å². The first-order chi connectivity index (χ1) is 7.96. The van der Waals surface area contributed by atoms with Crippen LogP contribution in [-0.2, 0) is 0 Å². The molecule has 4 atom stereocenters. The summed E-state index contributed by atoms with van der Waals surface area (Å²) in [6, 6.07) is 1.13. The predicted molar refractivity (Wildman–Crippen MR) is 62.6 cm³/mol. The second-order valence-electron chi connectivity index (χ2n) is 4.85. The molecule has 0 amide bonds. The highest BCUT2D eigenvalue weighted by molar-refractivity contribution is 5.19. The molecule has 1 N–H and O–H groups in total. The Balaban J connectivity index is 2.98. The summed E-state index contributed by atoms with van der Waals surface area (Å²) in [5.41, 5.74) is -0.813. The lowest BCUT2D eigenvalue weighted by Crippen LogP contribution is -2.42. The van der Waals surface area contributed by atoms with E-state index >= 15 is 0 Å². The van der Waals surface area contributed by atoms with Crippen molar-refractivity contribution < 1.29 is 10.0 Å². The monoisotopic (exact) mass is 238 g/mol. The molecule has 1 aliphatic rings. The summed E-state index contributed by atoms with van der Waals surface area (Å²) in [5, 5.41) is 29.3. The van der Waals surface area contributed by atoms with Gasteiger partial charge in [-0.1, -0.05) is 26.0 Å². The Hall–Kier alpha value is -1.41. The van der Waals surface area contributed by atoms with Crippen molar-refractivity contribution in [2.24, 2.45) is 17.3 Å². The smallest absolute Gasteiger partial charge is 0.240 e. The van der Waals surface area contributed by atoms with Gasteiger partial charge in [-0.25, -0.2) is 0 Å². The fraction of sp³-hybridized carbons (Fsp3) is 0.750. The average Bonchev–Trinajstić information content (AvgIpc) is 2.31. The minimum absolute atomic E-state index is 0.409. The molecule has 0 saturated carbocycles. The molecule has 5 heteroatoms. The molecule has 4 unspecified atom stereocenters. The van der Waals surface area contributed by atoms with Crippen LogP contribution in [-0.4, -0.2) is 22.7 Å². The minimum Gasteiger partial charge on any atom is -0.389 e. The molecule has 5 nitrogen and oxygen atoms in total. The Bertz CT molecular complexity index is 361. The third kappa shape index (κ3) is 2.64. The first-order valence-electron chi connectivity index (χ1n) is 5.82. The topological polar surface area (TPSA) is 87.2 Å². The highest BCUT2D eigenvalue weighted by atomic mass is 16.6. The number of aliphatic hydroxyl groups is 1. The van der Waals surface area contributed by atoms with Gasteiger partial charge >= 0.3 is 0 Å². The van der Waals surface area contributed by atoms with E-state index in [0.29, 0.717) is 12.3 Å². The van der Waals surface area contributed by atoms with E-state index in [1.165, 1.54) is 0 Å². The number of rotatable bonds is 4. The number of nitro groups is 1. The van der Waals surface area contributed by atoms with Gasteiger partial charge < -0.3 is 5.11 Å². The van der Waals surface area contributed by atoms with Gasteiger partial charge in [-0.15, -0.1) is 0 Å². The van der Waals surface area contributed by atoms with Crippen molar-refractivity contribution in [2.45, 2.75) is 32.7 Å². The third-order valence-corrected chi connectivity index (χ3v) is 3.79. The standard InChI is InChI=1S/C12H18N2O3/c1-9-3-5-12(8-13,6-4-9)10(2)11(7-15)14(16)17/h3,5,9-11,15H,4,6-7H2,1-2H3. The number of aliphatic hydroxyl groups excluding tert-OH is 1. The maximum absolute atomic E-state index is 10.8. The Morgan fingerprint density at radius 2 is 2.41 bits per heavy atom. The van der Waals surface area contributed by atoms with Crippen LogP contribution in [0.4, 0.5) is 0 Å². The van der Waals surface area contributed by atoms with Gasteiger partial charge in [0, 0.05) is 10.8 Å². The number of hydrogen-bond acceptors (Lipinski definition) is 4. The van der Waals surface area contributed by atoms with Gasteiger partial charge in [0.05, 0.1) is 11.5 Å². The molecular weight excluding hydrogens is 220 g/mol. The van der Waals surface area contributed by atoms with Gasteiger partial charge in [0.2, 0.25) is 6.04 Å². The molecule has 0 radical (unpaired) electrons. The molecule has 0 heterocycles. The highest BCUT2D eigenvalue weighted by Gasteiger charge is 2.44. The molecule has 94 valence electrons. The highest BCUT2D eigenvalue weighted by Crippen LogP contribution is 2.41. The van der Waals surface area contributed by atoms with Crippen LogP contribution >= 0.6 is 0 Å². The first-order valence-corrected chi connectivity index (χ1v) is 5.82. The quantitative estimate of drug-likeness (QED) is 0.459. The van der Waals surface area contributed by atoms with Crippen molar-refractivity contribution in [3.8, 4) is 6.07 Å². The first kappa shape index (κ1) is 13.7. The fourth-order valence-corrected chi connectivity index (χ4v) is 2.31. The van der Waals surface area contributed by atoms with Crippen molar-refractivity contribution in [3.05, 3.63) is 22.3 Å². The Morgan fingerprint density at radius 3 is 2.76 bits per heavy atom. The summed E-state index contributed by atoms with van der Waals surface area (Å²) >= 11 is 0. The summed E-state index contributed by atoms with van der Waals surface area (Å²) in [5.74, 6) is -0.0805. The molecule has 17 heavy (non-hydrogen) atoms. The fourth-order valence-electron chi connectivity index (χ4n) is 2.31. The number of hydrogen-bond donors (Lipinski definition) is 1. The van der Waals surface area contributed by atoms with Crippen LogP contribution in [0, 0.1) is 38.7 Å². The van der Waals surface area contributed by atoms with Crippen LogP contribution in [0.3, 0.4) is 0 Å². The van der Waals surface area contributed by atoms with E-state index in [1.807, 2.05) is 6.08 Å². The summed E-state index contributed by atoms with van der Waals surface area (Å²) in [6.07, 6.45) is 5.20. The van der Waals surface area contributed by atoms with E-state index in [-0.39, 0.29) is 0 Å². The molecule has 1 rings (SSSR count). The van der Waals surface area contributed by atoms with Crippen molar-refractivity contribution in [3.63, 3.8) is 0 Å². The van der Waals surface area contributed by atoms with Gasteiger partial charge in [0.1, 0.15) is 6.61 Å². The average molecular weight is 238 g/mol. The van der Waals surface area contributed by atoms with Crippen LogP contribution in [0.25, 0.3) is 0 Å². The summed E-state index contributed by atoms with van der Waals surface area (Å²) in [7, 11) is 0. The maximum Gasteiger partial charge on any atom is 0.240 e. The molecule has 0 saturated heterocycles. The SMILES string of the molecule is CC1C=CC(C#N)(C(C)C(CO)[N+](=O)[O-])CC1.